The van der Waals surface area contributed by atoms with Crippen LogP contribution in [0.25, 0.3) is 0 Å². The zero-order valence-corrected chi connectivity index (χ0v) is 14.7. The van der Waals surface area contributed by atoms with E-state index >= 15 is 0 Å². The van der Waals surface area contributed by atoms with Crippen LogP contribution in [0.1, 0.15) is 22.8 Å². The Labute approximate surface area is 147 Å². The van der Waals surface area contributed by atoms with Gasteiger partial charge in [0.15, 0.2) is 0 Å². The maximum atomic E-state index is 12.9. The van der Waals surface area contributed by atoms with Crippen molar-refractivity contribution in [3.05, 3.63) is 59.7 Å². The third-order valence-electron chi connectivity index (χ3n) is 4.56. The van der Waals surface area contributed by atoms with Crippen LogP contribution >= 0.6 is 0 Å². The zero-order chi connectivity index (χ0) is 18.0. The summed E-state index contributed by atoms with van der Waals surface area (Å²) in [4.78, 5) is 29.0. The number of carbonyl (C=O) groups excluding carboxylic acids is 2. The Hall–Kier alpha value is -2.82. The Morgan fingerprint density at radius 3 is 2.60 bits per heavy atom. The monoisotopic (exact) mass is 338 g/mol. The number of piperazine rings is 1. The van der Waals surface area contributed by atoms with Gasteiger partial charge in [-0.2, -0.15) is 0 Å². The molecule has 1 fully saturated rings. The predicted octanol–water partition coefficient (Wildman–Crippen LogP) is 2.88. The van der Waals surface area contributed by atoms with Gasteiger partial charge in [-0.1, -0.05) is 29.8 Å². The minimum Gasteiger partial charge on any atom is -0.495 e. The van der Waals surface area contributed by atoms with E-state index in [0.717, 1.165) is 11.3 Å². The van der Waals surface area contributed by atoms with Crippen LogP contribution in [0.15, 0.2) is 48.5 Å². The molecule has 2 amide bonds. The van der Waals surface area contributed by atoms with Crippen molar-refractivity contribution in [2.75, 3.05) is 25.1 Å². The fourth-order valence-electron chi connectivity index (χ4n) is 3.18. The number of ether oxygens (including phenoxy) is 1. The molecule has 1 atom stereocenters. The predicted molar refractivity (Wildman–Crippen MR) is 97.0 cm³/mol. The van der Waals surface area contributed by atoms with Crippen molar-refractivity contribution in [2.45, 2.75) is 19.9 Å². The quantitative estimate of drug-likeness (QED) is 0.865. The van der Waals surface area contributed by atoms with Crippen LogP contribution in [0, 0.1) is 6.92 Å². The van der Waals surface area contributed by atoms with Crippen LogP contribution in [-0.4, -0.2) is 43.0 Å². The van der Waals surface area contributed by atoms with Crippen LogP contribution < -0.4 is 9.64 Å². The largest absolute Gasteiger partial charge is 0.495 e. The van der Waals surface area contributed by atoms with E-state index in [2.05, 4.69) is 0 Å². The first kappa shape index (κ1) is 17.0. The molecule has 5 heteroatoms. The van der Waals surface area contributed by atoms with E-state index in [9.17, 15) is 9.59 Å². The molecule has 0 spiro atoms. The number of aryl methyl sites for hydroxylation is 1. The number of anilines is 1. The van der Waals surface area contributed by atoms with Gasteiger partial charge in [0.2, 0.25) is 5.91 Å². The van der Waals surface area contributed by atoms with Gasteiger partial charge >= 0.3 is 0 Å². The number of hydrogen-bond acceptors (Lipinski definition) is 3. The molecule has 1 heterocycles. The lowest BCUT2D eigenvalue weighted by Crippen LogP contribution is -2.57. The van der Waals surface area contributed by atoms with Gasteiger partial charge in [0, 0.05) is 18.7 Å². The lowest BCUT2D eigenvalue weighted by atomic mass is 10.1. The molecule has 3 rings (SSSR count). The molecule has 0 N–H and O–H groups in total. The molecule has 0 unspecified atom stereocenters. The molecule has 2 aromatic carbocycles. The highest BCUT2D eigenvalue weighted by atomic mass is 16.5. The van der Waals surface area contributed by atoms with Gasteiger partial charge in [-0.05, 0) is 38.1 Å². The molecule has 1 aliphatic rings. The van der Waals surface area contributed by atoms with Gasteiger partial charge in [0.05, 0.1) is 12.8 Å². The molecule has 1 saturated heterocycles. The van der Waals surface area contributed by atoms with Crippen molar-refractivity contribution in [2.24, 2.45) is 0 Å². The highest BCUT2D eigenvalue weighted by Crippen LogP contribution is 2.30. The van der Waals surface area contributed by atoms with Crippen LogP contribution in [0.3, 0.4) is 0 Å². The summed E-state index contributed by atoms with van der Waals surface area (Å²) in [6.07, 6.45) is 0. The summed E-state index contributed by atoms with van der Waals surface area (Å²) in [6.45, 7) is 4.65. The van der Waals surface area contributed by atoms with Crippen LogP contribution in [0.2, 0.25) is 0 Å². The average Bonchev–Trinajstić information content (AvgIpc) is 2.63. The van der Waals surface area contributed by atoms with Gasteiger partial charge in [-0.25, -0.2) is 0 Å². The van der Waals surface area contributed by atoms with Crippen molar-refractivity contribution in [1.29, 1.82) is 0 Å². The van der Waals surface area contributed by atoms with Crippen molar-refractivity contribution in [3.8, 4) is 5.75 Å². The molecule has 0 aliphatic carbocycles. The number of hydrogen-bond donors (Lipinski definition) is 0. The van der Waals surface area contributed by atoms with Crippen LogP contribution in [-0.2, 0) is 4.79 Å². The van der Waals surface area contributed by atoms with Gasteiger partial charge < -0.3 is 14.5 Å². The summed E-state index contributed by atoms with van der Waals surface area (Å²) in [5.74, 6) is 0.447. The summed E-state index contributed by atoms with van der Waals surface area (Å²) in [5.41, 5.74) is 2.38. The normalized spacial score (nSPS) is 17.6. The van der Waals surface area contributed by atoms with E-state index in [-0.39, 0.29) is 11.8 Å². The van der Waals surface area contributed by atoms with Crippen molar-refractivity contribution in [1.82, 2.24) is 4.90 Å². The van der Waals surface area contributed by atoms with E-state index in [1.54, 1.807) is 29.9 Å². The first-order valence-electron chi connectivity index (χ1n) is 8.35. The van der Waals surface area contributed by atoms with Crippen molar-refractivity contribution >= 4 is 17.5 Å². The summed E-state index contributed by atoms with van der Waals surface area (Å²) in [7, 11) is 1.59. The molecule has 25 heavy (non-hydrogen) atoms. The fraction of sp³-hybridized carbons (Fsp3) is 0.300. The SMILES string of the molecule is COc1ccccc1N1CCN(C(=O)c2cccc(C)c2)[C@@H](C)C1=O. The number of nitrogens with zero attached hydrogens (tertiary/aromatic N) is 2. The Morgan fingerprint density at radius 1 is 1.12 bits per heavy atom. The maximum Gasteiger partial charge on any atom is 0.254 e. The van der Waals surface area contributed by atoms with Gasteiger partial charge in [0.25, 0.3) is 5.91 Å². The Bertz CT molecular complexity index is 803. The van der Waals surface area contributed by atoms with Crippen LogP contribution in [0.4, 0.5) is 5.69 Å². The third kappa shape index (κ3) is 3.22. The zero-order valence-electron chi connectivity index (χ0n) is 14.7. The maximum absolute atomic E-state index is 12.9. The second-order valence-electron chi connectivity index (χ2n) is 6.21. The van der Waals surface area contributed by atoms with E-state index in [1.807, 2.05) is 49.4 Å². The summed E-state index contributed by atoms with van der Waals surface area (Å²) < 4.78 is 5.36. The molecular weight excluding hydrogens is 316 g/mol. The average molecular weight is 338 g/mol. The molecule has 0 bridgehead atoms. The van der Waals surface area contributed by atoms with Gasteiger partial charge in [0.1, 0.15) is 11.8 Å². The van der Waals surface area contributed by atoms with Crippen LogP contribution in [0.5, 0.6) is 5.75 Å². The van der Waals surface area contributed by atoms with Crippen molar-refractivity contribution < 1.29 is 14.3 Å². The second kappa shape index (κ2) is 6.97. The Kier molecular flexibility index (Phi) is 4.74. The van der Waals surface area contributed by atoms with E-state index < -0.39 is 6.04 Å². The van der Waals surface area contributed by atoms with Crippen molar-refractivity contribution in [3.63, 3.8) is 0 Å². The Balaban J connectivity index is 1.83. The third-order valence-corrected chi connectivity index (χ3v) is 4.56. The lowest BCUT2D eigenvalue weighted by molar-refractivity contribution is -0.124. The number of para-hydroxylation sites is 2. The molecule has 0 aromatic heterocycles. The van der Waals surface area contributed by atoms with E-state index in [0.29, 0.717) is 24.4 Å². The van der Waals surface area contributed by atoms with E-state index in [1.165, 1.54) is 0 Å². The minimum absolute atomic E-state index is 0.100. The number of methoxy groups -OCH3 is 1. The highest BCUT2D eigenvalue weighted by Gasteiger charge is 2.36. The molecule has 0 saturated carbocycles. The number of rotatable bonds is 3. The molecule has 0 radical (unpaired) electrons. The molecule has 130 valence electrons. The minimum atomic E-state index is -0.522. The summed E-state index contributed by atoms with van der Waals surface area (Å²) in [6, 6.07) is 14.4. The first-order valence-corrected chi connectivity index (χ1v) is 8.35. The molecule has 2 aromatic rings. The summed E-state index contributed by atoms with van der Waals surface area (Å²) >= 11 is 0. The summed E-state index contributed by atoms with van der Waals surface area (Å²) in [5, 5.41) is 0. The molecule has 5 nitrogen and oxygen atoms in total. The lowest BCUT2D eigenvalue weighted by Gasteiger charge is -2.39. The number of amides is 2. The van der Waals surface area contributed by atoms with Gasteiger partial charge in [-0.15, -0.1) is 0 Å². The number of carbonyl (C=O) groups is 2. The fourth-order valence-corrected chi connectivity index (χ4v) is 3.18. The first-order chi connectivity index (χ1) is 12.0. The second-order valence-corrected chi connectivity index (χ2v) is 6.21. The molecule has 1 aliphatic heterocycles. The topological polar surface area (TPSA) is 49.9 Å². The smallest absolute Gasteiger partial charge is 0.254 e. The highest BCUT2D eigenvalue weighted by molar-refractivity contribution is 6.04. The molecular formula is C20H22N2O3. The Morgan fingerprint density at radius 2 is 1.88 bits per heavy atom. The number of benzene rings is 2. The standard InChI is InChI=1S/C20H22N2O3/c1-14-7-6-8-16(13-14)20(24)21-11-12-22(19(23)15(21)2)17-9-4-5-10-18(17)25-3/h4-10,13,15H,11-12H2,1-3H3/t15-/m0/s1. The van der Waals surface area contributed by atoms with E-state index in [4.69, 9.17) is 4.74 Å². The van der Waals surface area contributed by atoms with Gasteiger partial charge in [-0.3, -0.25) is 9.59 Å².